The zero-order valence-electron chi connectivity index (χ0n) is 7.09. The van der Waals surface area contributed by atoms with Gasteiger partial charge in [-0.25, -0.2) is 8.78 Å². The normalized spacial score (nSPS) is 9.07. The van der Waals surface area contributed by atoms with Gasteiger partial charge in [-0.1, -0.05) is 0 Å². The van der Waals surface area contributed by atoms with E-state index in [0.717, 1.165) is 12.1 Å². The van der Waals surface area contributed by atoms with Gasteiger partial charge in [0.15, 0.2) is 0 Å². The number of nitrogens with two attached hydrogens (primary N) is 1. The second kappa shape index (κ2) is 5.51. The second-order valence-electron chi connectivity index (χ2n) is 2.38. The number of nitrogens with one attached hydrogen (secondary N) is 1. The molecule has 0 fully saturated rings. The number of hydrogen-bond acceptors (Lipinski definition) is 2. The van der Waals surface area contributed by atoms with Gasteiger partial charge < -0.3 is 11.1 Å². The molecule has 0 aliphatic carbocycles. The monoisotopic (exact) mass is 222 g/mol. The summed E-state index contributed by atoms with van der Waals surface area (Å²) in [6, 6.07) is 2.87. The molecule has 3 N–H and O–H groups in total. The van der Waals surface area contributed by atoms with Crippen LogP contribution in [0.1, 0.15) is 0 Å². The third kappa shape index (κ3) is 3.27. The van der Waals surface area contributed by atoms with Gasteiger partial charge in [-0.3, -0.25) is 4.79 Å². The first-order valence-corrected chi connectivity index (χ1v) is 3.58. The molecule has 1 aromatic carbocycles. The molecular weight excluding hydrogens is 214 g/mol. The number of carbonyl (C=O) groups excluding carboxylic acids is 1. The standard InChI is InChI=1S/C8H8F2N2O.ClH/c9-5-1-2-7(6(10)3-5)12-8(13)4-11;/h1-3H,4,11H2,(H,12,13);1H. The summed E-state index contributed by atoms with van der Waals surface area (Å²) in [5.74, 6) is -2.03. The molecule has 6 heteroatoms. The van der Waals surface area contributed by atoms with E-state index < -0.39 is 17.5 Å². The molecule has 1 amide bonds. The fourth-order valence-electron chi connectivity index (χ4n) is 0.792. The molecular formula is C8H9ClF2N2O. The van der Waals surface area contributed by atoms with E-state index >= 15 is 0 Å². The van der Waals surface area contributed by atoms with E-state index in [2.05, 4.69) is 5.32 Å². The van der Waals surface area contributed by atoms with Crippen LogP contribution >= 0.6 is 12.4 Å². The Bertz CT molecular complexity index is 333. The second-order valence-corrected chi connectivity index (χ2v) is 2.38. The van der Waals surface area contributed by atoms with Gasteiger partial charge in [0, 0.05) is 6.07 Å². The van der Waals surface area contributed by atoms with Crippen LogP contribution < -0.4 is 11.1 Å². The van der Waals surface area contributed by atoms with Crippen molar-refractivity contribution in [2.45, 2.75) is 0 Å². The number of amides is 1. The van der Waals surface area contributed by atoms with E-state index in [1.165, 1.54) is 0 Å². The summed E-state index contributed by atoms with van der Waals surface area (Å²) in [7, 11) is 0. The molecule has 1 rings (SSSR count). The average molecular weight is 223 g/mol. The van der Waals surface area contributed by atoms with Crippen molar-refractivity contribution in [1.29, 1.82) is 0 Å². The third-order valence-electron chi connectivity index (χ3n) is 1.39. The Hall–Kier alpha value is -1.20. The number of carbonyl (C=O) groups is 1. The molecule has 0 radical (unpaired) electrons. The number of anilines is 1. The van der Waals surface area contributed by atoms with Crippen LogP contribution in [-0.4, -0.2) is 12.5 Å². The quantitative estimate of drug-likeness (QED) is 0.792. The molecule has 0 saturated heterocycles. The Balaban J connectivity index is 0.00000169. The lowest BCUT2D eigenvalue weighted by molar-refractivity contribution is -0.114. The number of benzene rings is 1. The highest BCUT2D eigenvalue weighted by Gasteiger charge is 2.05. The number of rotatable bonds is 2. The first kappa shape index (κ1) is 12.8. The average Bonchev–Trinajstić information content (AvgIpc) is 2.09. The van der Waals surface area contributed by atoms with Crippen LogP contribution in [0.3, 0.4) is 0 Å². The van der Waals surface area contributed by atoms with E-state index in [4.69, 9.17) is 5.73 Å². The molecule has 78 valence electrons. The largest absolute Gasteiger partial charge is 0.322 e. The Kier molecular flexibility index (Phi) is 5.04. The maximum atomic E-state index is 12.9. The van der Waals surface area contributed by atoms with Gasteiger partial charge in [-0.2, -0.15) is 0 Å². The van der Waals surface area contributed by atoms with Crippen molar-refractivity contribution in [3.63, 3.8) is 0 Å². The topological polar surface area (TPSA) is 55.1 Å². The predicted octanol–water partition coefficient (Wildman–Crippen LogP) is 1.28. The van der Waals surface area contributed by atoms with Gasteiger partial charge in [0.05, 0.1) is 12.2 Å². The number of hydrogen-bond donors (Lipinski definition) is 2. The van der Waals surface area contributed by atoms with E-state index in [1.807, 2.05) is 0 Å². The lowest BCUT2D eigenvalue weighted by Crippen LogP contribution is -2.22. The van der Waals surface area contributed by atoms with Gasteiger partial charge >= 0.3 is 0 Å². The van der Waals surface area contributed by atoms with Crippen molar-refractivity contribution < 1.29 is 13.6 Å². The highest BCUT2D eigenvalue weighted by Crippen LogP contribution is 2.14. The fraction of sp³-hybridized carbons (Fsp3) is 0.125. The maximum absolute atomic E-state index is 12.9. The minimum Gasteiger partial charge on any atom is -0.322 e. The Labute approximate surface area is 85.7 Å². The summed E-state index contributed by atoms with van der Waals surface area (Å²) < 4.78 is 25.2. The first-order chi connectivity index (χ1) is 6.13. The third-order valence-corrected chi connectivity index (χ3v) is 1.39. The molecule has 0 aliphatic rings. The van der Waals surface area contributed by atoms with Crippen LogP contribution in [0.2, 0.25) is 0 Å². The van der Waals surface area contributed by atoms with Gasteiger partial charge in [0.1, 0.15) is 11.6 Å². The summed E-state index contributed by atoms with van der Waals surface area (Å²) in [4.78, 5) is 10.7. The van der Waals surface area contributed by atoms with Crippen LogP contribution in [0.15, 0.2) is 18.2 Å². The molecule has 3 nitrogen and oxygen atoms in total. The Morgan fingerprint density at radius 2 is 2.07 bits per heavy atom. The highest BCUT2D eigenvalue weighted by molar-refractivity contribution is 5.92. The summed E-state index contributed by atoms with van der Waals surface area (Å²) in [5.41, 5.74) is 4.92. The summed E-state index contributed by atoms with van der Waals surface area (Å²) >= 11 is 0. The van der Waals surface area contributed by atoms with Crippen LogP contribution in [-0.2, 0) is 4.79 Å². The van der Waals surface area contributed by atoms with Crippen LogP contribution in [0.25, 0.3) is 0 Å². The van der Waals surface area contributed by atoms with Crippen molar-refractivity contribution in [3.8, 4) is 0 Å². The van der Waals surface area contributed by atoms with Gasteiger partial charge in [0.2, 0.25) is 5.91 Å². The zero-order chi connectivity index (χ0) is 9.84. The Morgan fingerprint density at radius 1 is 1.43 bits per heavy atom. The van der Waals surface area contributed by atoms with E-state index in [0.29, 0.717) is 6.07 Å². The maximum Gasteiger partial charge on any atom is 0.238 e. The lowest BCUT2D eigenvalue weighted by atomic mass is 10.3. The van der Waals surface area contributed by atoms with Gasteiger partial charge in [-0.15, -0.1) is 12.4 Å². The van der Waals surface area contributed by atoms with Crippen molar-refractivity contribution >= 4 is 24.0 Å². The van der Waals surface area contributed by atoms with Crippen LogP contribution in [0.5, 0.6) is 0 Å². The van der Waals surface area contributed by atoms with Gasteiger partial charge in [-0.05, 0) is 12.1 Å². The molecule has 0 heterocycles. The minimum atomic E-state index is -0.818. The molecule has 0 saturated carbocycles. The molecule has 0 bridgehead atoms. The molecule has 14 heavy (non-hydrogen) atoms. The zero-order valence-corrected chi connectivity index (χ0v) is 7.91. The minimum absolute atomic E-state index is 0. The summed E-state index contributed by atoms with van der Waals surface area (Å²) in [6.45, 7) is -0.239. The van der Waals surface area contributed by atoms with E-state index in [9.17, 15) is 13.6 Å². The van der Waals surface area contributed by atoms with Gasteiger partial charge in [0.25, 0.3) is 0 Å². The van der Waals surface area contributed by atoms with Crippen molar-refractivity contribution in [1.82, 2.24) is 0 Å². The highest BCUT2D eigenvalue weighted by atomic mass is 35.5. The van der Waals surface area contributed by atoms with Crippen molar-refractivity contribution in [2.24, 2.45) is 5.73 Å². The first-order valence-electron chi connectivity index (χ1n) is 3.58. The molecule has 0 aromatic heterocycles. The SMILES string of the molecule is Cl.NCC(=O)Nc1ccc(F)cc1F. The smallest absolute Gasteiger partial charge is 0.238 e. The van der Waals surface area contributed by atoms with Crippen LogP contribution in [0.4, 0.5) is 14.5 Å². The molecule has 0 unspecified atom stereocenters. The molecule has 0 atom stereocenters. The Morgan fingerprint density at radius 3 is 2.57 bits per heavy atom. The fourth-order valence-corrected chi connectivity index (χ4v) is 0.792. The van der Waals surface area contributed by atoms with E-state index in [-0.39, 0.29) is 24.6 Å². The summed E-state index contributed by atoms with van der Waals surface area (Å²) in [6.07, 6.45) is 0. The van der Waals surface area contributed by atoms with Crippen molar-refractivity contribution in [2.75, 3.05) is 11.9 Å². The number of halogens is 3. The molecule has 0 spiro atoms. The molecule has 1 aromatic rings. The lowest BCUT2D eigenvalue weighted by Gasteiger charge is -2.03. The summed E-state index contributed by atoms with van der Waals surface area (Å²) in [5, 5.41) is 2.18. The van der Waals surface area contributed by atoms with E-state index in [1.54, 1.807) is 0 Å². The molecule has 0 aliphatic heterocycles. The van der Waals surface area contributed by atoms with Crippen LogP contribution in [0, 0.1) is 11.6 Å². The van der Waals surface area contributed by atoms with Crippen molar-refractivity contribution in [3.05, 3.63) is 29.8 Å². The predicted molar refractivity (Wildman–Crippen MR) is 51.3 cm³/mol.